The average molecular weight is 270 g/mol. The van der Waals surface area contributed by atoms with Crippen molar-refractivity contribution in [3.05, 3.63) is 42.2 Å². The monoisotopic (exact) mass is 270 g/mol. The van der Waals surface area contributed by atoms with Crippen LogP contribution in [0.5, 0.6) is 5.75 Å². The van der Waals surface area contributed by atoms with Gasteiger partial charge in [0, 0.05) is 5.56 Å². The van der Waals surface area contributed by atoms with E-state index >= 15 is 0 Å². The Labute approximate surface area is 115 Å². The molecule has 0 amide bonds. The molecule has 5 heteroatoms. The molecule has 2 N–H and O–H groups in total. The number of nitrogens with two attached hydrogens (primary N) is 1. The summed E-state index contributed by atoms with van der Waals surface area (Å²) in [5.41, 5.74) is 9.09. The lowest BCUT2D eigenvalue weighted by molar-refractivity contribution is 0.416. The fraction of sp³-hybridized carbons (Fsp3) is 0.133. The van der Waals surface area contributed by atoms with Crippen molar-refractivity contribution in [2.24, 2.45) is 0 Å². The highest BCUT2D eigenvalue weighted by Gasteiger charge is 2.22. The van der Waals surface area contributed by atoms with Crippen molar-refractivity contribution in [2.75, 3.05) is 12.8 Å². The normalized spacial score (nSPS) is 10.7. The van der Waals surface area contributed by atoms with Crippen LogP contribution in [-0.4, -0.2) is 12.3 Å². The number of hydrogen-bond acceptors (Lipinski definition) is 5. The van der Waals surface area contributed by atoms with E-state index in [1.807, 2.05) is 31.2 Å². The van der Waals surface area contributed by atoms with E-state index in [0.29, 0.717) is 22.8 Å². The molecule has 0 saturated carbocycles. The smallest absolute Gasteiger partial charge is 0.230 e. The number of hydrogen-bond donors (Lipinski definition) is 1. The van der Waals surface area contributed by atoms with Crippen molar-refractivity contribution in [1.29, 1.82) is 0 Å². The number of ether oxygens (including phenoxy) is 1. The number of nitrogens with zero attached hydrogens (tertiary/aromatic N) is 1. The van der Waals surface area contributed by atoms with Gasteiger partial charge in [-0.2, -0.15) is 0 Å². The maximum atomic E-state index is 5.93. The number of methoxy groups -OCH3 is 1. The number of rotatable bonds is 3. The zero-order valence-corrected chi connectivity index (χ0v) is 11.2. The molecule has 0 radical (unpaired) electrons. The topological polar surface area (TPSA) is 74.4 Å². The van der Waals surface area contributed by atoms with Crippen LogP contribution in [0.2, 0.25) is 0 Å². The summed E-state index contributed by atoms with van der Waals surface area (Å²) < 4.78 is 15.9. The van der Waals surface area contributed by atoms with Crippen molar-refractivity contribution in [2.45, 2.75) is 6.92 Å². The van der Waals surface area contributed by atoms with Gasteiger partial charge >= 0.3 is 0 Å². The van der Waals surface area contributed by atoms with Crippen LogP contribution in [-0.2, 0) is 0 Å². The van der Waals surface area contributed by atoms with Gasteiger partial charge in [-0.15, -0.1) is 0 Å². The Bertz CT molecular complexity index is 730. The van der Waals surface area contributed by atoms with Crippen LogP contribution in [0.1, 0.15) is 5.56 Å². The first-order valence-electron chi connectivity index (χ1n) is 6.14. The van der Waals surface area contributed by atoms with Crippen molar-refractivity contribution < 1.29 is 13.7 Å². The molecule has 0 aliphatic rings. The Morgan fingerprint density at radius 1 is 1.25 bits per heavy atom. The van der Waals surface area contributed by atoms with Gasteiger partial charge in [-0.05, 0) is 31.2 Å². The third-order valence-electron chi connectivity index (χ3n) is 3.10. The van der Waals surface area contributed by atoms with E-state index in [2.05, 4.69) is 5.16 Å². The first-order valence-corrected chi connectivity index (χ1v) is 6.14. The van der Waals surface area contributed by atoms with Crippen molar-refractivity contribution >= 4 is 5.88 Å². The molecule has 0 atom stereocenters. The third kappa shape index (κ3) is 1.93. The second kappa shape index (κ2) is 4.77. The molecule has 3 rings (SSSR count). The van der Waals surface area contributed by atoms with E-state index in [4.69, 9.17) is 19.4 Å². The molecule has 5 nitrogen and oxygen atoms in total. The summed E-state index contributed by atoms with van der Waals surface area (Å²) in [5.74, 6) is 1.54. The van der Waals surface area contributed by atoms with Gasteiger partial charge in [0.2, 0.25) is 5.88 Å². The van der Waals surface area contributed by atoms with Gasteiger partial charge in [0.05, 0.1) is 18.9 Å². The van der Waals surface area contributed by atoms with Gasteiger partial charge < -0.3 is 19.4 Å². The summed E-state index contributed by atoms with van der Waals surface area (Å²) in [5, 5.41) is 3.99. The summed E-state index contributed by atoms with van der Waals surface area (Å²) in [6.07, 6.45) is 1.58. The molecule has 0 fully saturated rings. The average Bonchev–Trinajstić information content (AvgIpc) is 3.07. The molecular weight excluding hydrogens is 256 g/mol. The fourth-order valence-corrected chi connectivity index (χ4v) is 2.16. The van der Waals surface area contributed by atoms with Gasteiger partial charge in [-0.25, -0.2) is 0 Å². The fourth-order valence-electron chi connectivity index (χ4n) is 2.16. The van der Waals surface area contributed by atoms with Crippen LogP contribution in [0, 0.1) is 6.92 Å². The molecule has 0 spiro atoms. The van der Waals surface area contributed by atoms with E-state index < -0.39 is 0 Å². The number of anilines is 1. The zero-order chi connectivity index (χ0) is 14.1. The van der Waals surface area contributed by atoms with Crippen molar-refractivity contribution in [1.82, 2.24) is 5.16 Å². The third-order valence-corrected chi connectivity index (χ3v) is 3.10. The molecule has 20 heavy (non-hydrogen) atoms. The van der Waals surface area contributed by atoms with Crippen LogP contribution >= 0.6 is 0 Å². The summed E-state index contributed by atoms with van der Waals surface area (Å²) in [6, 6.07) is 9.44. The van der Waals surface area contributed by atoms with E-state index in [1.54, 1.807) is 19.4 Å². The van der Waals surface area contributed by atoms with Crippen molar-refractivity contribution in [3.63, 3.8) is 0 Å². The molecule has 0 bridgehead atoms. The zero-order valence-electron chi connectivity index (χ0n) is 11.2. The predicted octanol–water partition coefficient (Wildman–Crippen LogP) is 3.50. The van der Waals surface area contributed by atoms with E-state index in [0.717, 1.165) is 11.1 Å². The Morgan fingerprint density at radius 3 is 2.80 bits per heavy atom. The Kier molecular flexibility index (Phi) is 2.95. The molecular formula is C15H14N2O3. The second-order valence-electron chi connectivity index (χ2n) is 4.45. The van der Waals surface area contributed by atoms with Gasteiger partial charge in [0.15, 0.2) is 11.5 Å². The van der Waals surface area contributed by atoms with Gasteiger partial charge in [0.1, 0.15) is 5.75 Å². The second-order valence-corrected chi connectivity index (χ2v) is 4.45. The predicted molar refractivity (Wildman–Crippen MR) is 75.3 cm³/mol. The number of nitrogen functional groups attached to an aromatic ring is 1. The Balaban J connectivity index is 2.25. The molecule has 0 saturated heterocycles. The number of aromatic nitrogens is 1. The number of benzene rings is 1. The Morgan fingerprint density at radius 2 is 2.10 bits per heavy atom. The Hall–Kier alpha value is -2.69. The van der Waals surface area contributed by atoms with Gasteiger partial charge in [-0.3, -0.25) is 0 Å². The van der Waals surface area contributed by atoms with E-state index in [1.165, 1.54) is 0 Å². The van der Waals surface area contributed by atoms with E-state index in [9.17, 15) is 0 Å². The first kappa shape index (κ1) is 12.3. The molecule has 0 aliphatic heterocycles. The lowest BCUT2D eigenvalue weighted by Crippen LogP contribution is -1.92. The summed E-state index contributed by atoms with van der Waals surface area (Å²) in [6.45, 7) is 2.00. The minimum absolute atomic E-state index is 0.236. The lowest BCUT2D eigenvalue weighted by atomic mass is 10.0. The molecule has 0 unspecified atom stereocenters. The van der Waals surface area contributed by atoms with E-state index in [-0.39, 0.29) is 5.88 Å². The molecule has 2 aromatic heterocycles. The quantitative estimate of drug-likeness (QED) is 0.788. The molecule has 1 aromatic carbocycles. The SMILES string of the molecule is COc1ccc(C)cc1-c1c(-c2ccco2)noc1N. The maximum Gasteiger partial charge on any atom is 0.230 e. The highest BCUT2D eigenvalue weighted by atomic mass is 16.5. The number of furan rings is 1. The summed E-state index contributed by atoms with van der Waals surface area (Å²) >= 11 is 0. The van der Waals surface area contributed by atoms with Gasteiger partial charge in [0.25, 0.3) is 0 Å². The minimum Gasteiger partial charge on any atom is -0.496 e. The molecule has 0 aliphatic carbocycles. The standard InChI is InChI=1S/C15H14N2O3/c1-9-5-6-11(18-2)10(8-9)13-14(17-20-15(13)16)12-4-3-7-19-12/h3-8H,16H2,1-2H3. The minimum atomic E-state index is 0.236. The van der Waals surface area contributed by atoms with Crippen LogP contribution in [0.15, 0.2) is 45.5 Å². The first-order chi connectivity index (χ1) is 9.70. The largest absolute Gasteiger partial charge is 0.496 e. The molecule has 2 heterocycles. The van der Waals surface area contributed by atoms with Crippen LogP contribution in [0.25, 0.3) is 22.6 Å². The highest BCUT2D eigenvalue weighted by molar-refractivity contribution is 5.88. The molecule has 3 aromatic rings. The number of aryl methyl sites for hydroxylation is 1. The summed E-state index contributed by atoms with van der Waals surface area (Å²) in [7, 11) is 1.62. The van der Waals surface area contributed by atoms with Crippen molar-refractivity contribution in [3.8, 4) is 28.3 Å². The van der Waals surface area contributed by atoms with Crippen LogP contribution < -0.4 is 10.5 Å². The molecule has 102 valence electrons. The lowest BCUT2D eigenvalue weighted by Gasteiger charge is -2.09. The maximum absolute atomic E-state index is 5.93. The highest BCUT2D eigenvalue weighted by Crippen LogP contribution is 2.41. The summed E-state index contributed by atoms with van der Waals surface area (Å²) in [4.78, 5) is 0. The van der Waals surface area contributed by atoms with Gasteiger partial charge in [-0.1, -0.05) is 16.8 Å². The van der Waals surface area contributed by atoms with Crippen LogP contribution in [0.4, 0.5) is 5.88 Å². The van der Waals surface area contributed by atoms with Crippen LogP contribution in [0.3, 0.4) is 0 Å².